The molecule has 2 fully saturated rings. The Bertz CT molecular complexity index is 747. The summed E-state index contributed by atoms with van der Waals surface area (Å²) in [6.45, 7) is 7.24. The first-order valence-corrected chi connectivity index (χ1v) is 11.4. The predicted molar refractivity (Wildman–Crippen MR) is 115 cm³/mol. The van der Waals surface area contributed by atoms with Gasteiger partial charge in [0, 0.05) is 30.7 Å². The van der Waals surface area contributed by atoms with Crippen molar-refractivity contribution in [1.82, 2.24) is 14.8 Å². The molecular weight excluding hydrogens is 368 g/mol. The van der Waals surface area contributed by atoms with Gasteiger partial charge in [-0.3, -0.25) is 9.69 Å². The van der Waals surface area contributed by atoms with Crippen LogP contribution >= 0.6 is 11.3 Å². The summed E-state index contributed by atoms with van der Waals surface area (Å²) in [4.78, 5) is 22.9. The standard InChI is InChI=1S/C22H30N4OS/c1-17-8-12-25(13-9-17)19(20-5-4-14-28-20)16-24-21-7-6-18(15-23-21)22(27)26-10-2-3-11-26/h4-7,14-15,17,19H,2-3,8-13,16H2,1H3,(H,23,24)/t19-/m1/s1. The Balaban J connectivity index is 1.39. The number of hydrogen-bond acceptors (Lipinski definition) is 5. The zero-order chi connectivity index (χ0) is 19.3. The third-order valence-corrected chi connectivity index (χ3v) is 6.98. The summed E-state index contributed by atoms with van der Waals surface area (Å²) in [5, 5.41) is 5.66. The van der Waals surface area contributed by atoms with Crippen LogP contribution in [0.4, 0.5) is 5.82 Å². The zero-order valence-electron chi connectivity index (χ0n) is 16.6. The van der Waals surface area contributed by atoms with E-state index in [0.29, 0.717) is 11.6 Å². The van der Waals surface area contributed by atoms with Gasteiger partial charge in [0.25, 0.3) is 5.91 Å². The first kappa shape index (κ1) is 19.4. The molecule has 0 bridgehead atoms. The molecule has 4 rings (SSSR count). The van der Waals surface area contributed by atoms with Gasteiger partial charge in [0.1, 0.15) is 5.82 Å². The molecule has 0 aliphatic carbocycles. The van der Waals surface area contributed by atoms with Crippen molar-refractivity contribution in [2.75, 3.05) is 38.0 Å². The highest BCUT2D eigenvalue weighted by Crippen LogP contribution is 2.29. The number of hydrogen-bond donors (Lipinski definition) is 1. The molecule has 1 atom stereocenters. The number of amides is 1. The quantitative estimate of drug-likeness (QED) is 0.790. The van der Waals surface area contributed by atoms with Crippen molar-refractivity contribution in [3.8, 4) is 0 Å². The van der Waals surface area contributed by atoms with Gasteiger partial charge in [-0.15, -0.1) is 11.3 Å². The van der Waals surface area contributed by atoms with Gasteiger partial charge < -0.3 is 10.2 Å². The van der Waals surface area contributed by atoms with Crippen molar-refractivity contribution < 1.29 is 4.79 Å². The van der Waals surface area contributed by atoms with Crippen LogP contribution in [0.5, 0.6) is 0 Å². The fourth-order valence-electron chi connectivity index (χ4n) is 4.16. The molecule has 0 unspecified atom stereocenters. The highest BCUT2D eigenvalue weighted by Gasteiger charge is 2.25. The molecule has 2 aliphatic heterocycles. The second kappa shape index (κ2) is 9.05. The fourth-order valence-corrected chi connectivity index (χ4v) is 5.02. The van der Waals surface area contributed by atoms with Crippen LogP contribution in [0.2, 0.25) is 0 Å². The minimum absolute atomic E-state index is 0.107. The lowest BCUT2D eigenvalue weighted by molar-refractivity contribution is 0.0792. The average molecular weight is 399 g/mol. The van der Waals surface area contributed by atoms with E-state index in [4.69, 9.17) is 0 Å². The molecule has 150 valence electrons. The zero-order valence-corrected chi connectivity index (χ0v) is 17.5. The summed E-state index contributed by atoms with van der Waals surface area (Å²) >= 11 is 1.83. The van der Waals surface area contributed by atoms with E-state index < -0.39 is 0 Å². The number of anilines is 1. The Morgan fingerprint density at radius 2 is 2.00 bits per heavy atom. The van der Waals surface area contributed by atoms with E-state index in [1.807, 2.05) is 28.4 Å². The number of thiophene rings is 1. The number of aromatic nitrogens is 1. The van der Waals surface area contributed by atoms with Gasteiger partial charge in [0.05, 0.1) is 11.6 Å². The lowest BCUT2D eigenvalue weighted by Crippen LogP contribution is -2.38. The summed E-state index contributed by atoms with van der Waals surface area (Å²) in [5.41, 5.74) is 0.687. The molecule has 0 aromatic carbocycles. The van der Waals surface area contributed by atoms with E-state index in [0.717, 1.165) is 57.3 Å². The molecule has 2 saturated heterocycles. The molecule has 5 nitrogen and oxygen atoms in total. The fraction of sp³-hybridized carbons (Fsp3) is 0.545. The molecule has 2 aromatic heterocycles. The van der Waals surface area contributed by atoms with E-state index in [-0.39, 0.29) is 5.91 Å². The number of carbonyl (C=O) groups is 1. The lowest BCUT2D eigenvalue weighted by Gasteiger charge is -2.36. The van der Waals surface area contributed by atoms with Crippen LogP contribution < -0.4 is 5.32 Å². The minimum atomic E-state index is 0.107. The van der Waals surface area contributed by atoms with Gasteiger partial charge in [0.15, 0.2) is 0 Å². The number of rotatable bonds is 6. The number of nitrogens with one attached hydrogen (secondary N) is 1. The molecule has 6 heteroatoms. The second-order valence-corrected chi connectivity index (χ2v) is 9.04. The molecule has 2 aliphatic rings. The molecule has 0 saturated carbocycles. The van der Waals surface area contributed by atoms with Gasteiger partial charge in [-0.1, -0.05) is 13.0 Å². The normalized spacial score (nSPS) is 19.7. The monoisotopic (exact) mass is 398 g/mol. The highest BCUT2D eigenvalue weighted by molar-refractivity contribution is 7.10. The van der Waals surface area contributed by atoms with Crippen LogP contribution in [-0.2, 0) is 0 Å². The van der Waals surface area contributed by atoms with Crippen LogP contribution in [-0.4, -0.2) is 53.4 Å². The summed E-state index contributed by atoms with van der Waals surface area (Å²) in [6, 6.07) is 8.59. The number of carbonyl (C=O) groups excluding carboxylic acids is 1. The third kappa shape index (κ3) is 4.55. The first-order chi connectivity index (χ1) is 13.7. The Labute approximate surface area is 171 Å². The molecule has 1 N–H and O–H groups in total. The van der Waals surface area contributed by atoms with Gasteiger partial charge >= 0.3 is 0 Å². The van der Waals surface area contributed by atoms with Crippen LogP contribution in [0.1, 0.15) is 53.9 Å². The van der Waals surface area contributed by atoms with Crippen molar-refractivity contribution in [2.24, 2.45) is 5.92 Å². The smallest absolute Gasteiger partial charge is 0.255 e. The molecule has 28 heavy (non-hydrogen) atoms. The Hall–Kier alpha value is -1.92. The molecule has 1 amide bonds. The van der Waals surface area contributed by atoms with E-state index in [2.05, 4.69) is 39.6 Å². The highest BCUT2D eigenvalue weighted by atomic mass is 32.1. The van der Waals surface area contributed by atoms with Crippen LogP contribution in [0.15, 0.2) is 35.8 Å². The van der Waals surface area contributed by atoms with E-state index in [1.165, 1.54) is 17.7 Å². The van der Waals surface area contributed by atoms with Crippen molar-refractivity contribution in [3.63, 3.8) is 0 Å². The summed E-state index contributed by atoms with van der Waals surface area (Å²) in [7, 11) is 0. The predicted octanol–water partition coefficient (Wildman–Crippen LogP) is 4.26. The van der Waals surface area contributed by atoms with E-state index >= 15 is 0 Å². The first-order valence-electron chi connectivity index (χ1n) is 10.5. The number of likely N-dealkylation sites (tertiary alicyclic amines) is 2. The molecular formula is C22H30N4OS. The maximum atomic E-state index is 12.5. The number of piperidine rings is 1. The van der Waals surface area contributed by atoms with Gasteiger partial charge in [0.2, 0.25) is 0 Å². The minimum Gasteiger partial charge on any atom is -0.368 e. The van der Waals surface area contributed by atoms with Crippen LogP contribution in [0.25, 0.3) is 0 Å². The summed E-state index contributed by atoms with van der Waals surface area (Å²) in [6.07, 6.45) is 6.48. The molecule has 0 spiro atoms. The molecule has 2 aromatic rings. The second-order valence-electron chi connectivity index (χ2n) is 8.06. The van der Waals surface area contributed by atoms with E-state index in [9.17, 15) is 4.79 Å². The van der Waals surface area contributed by atoms with Crippen molar-refractivity contribution >= 4 is 23.1 Å². The van der Waals surface area contributed by atoms with Gasteiger partial charge in [-0.2, -0.15) is 0 Å². The van der Waals surface area contributed by atoms with Gasteiger partial charge in [-0.25, -0.2) is 4.98 Å². The maximum Gasteiger partial charge on any atom is 0.255 e. The third-order valence-electron chi connectivity index (χ3n) is 6.01. The maximum absolute atomic E-state index is 12.5. The Kier molecular flexibility index (Phi) is 6.27. The number of pyridine rings is 1. The van der Waals surface area contributed by atoms with Crippen molar-refractivity contribution in [2.45, 2.75) is 38.6 Å². The average Bonchev–Trinajstić information content (AvgIpc) is 3.44. The van der Waals surface area contributed by atoms with E-state index in [1.54, 1.807) is 6.20 Å². The number of nitrogens with zero attached hydrogens (tertiary/aromatic N) is 3. The molecule has 4 heterocycles. The van der Waals surface area contributed by atoms with Gasteiger partial charge in [-0.05, 0) is 68.3 Å². The summed E-state index contributed by atoms with van der Waals surface area (Å²) in [5.74, 6) is 1.77. The SMILES string of the molecule is CC1CCN([C@H](CNc2ccc(C(=O)N3CCCC3)cn2)c2cccs2)CC1. The largest absolute Gasteiger partial charge is 0.368 e. The topological polar surface area (TPSA) is 48.5 Å². The van der Waals surface area contributed by atoms with Crippen molar-refractivity contribution in [1.29, 1.82) is 0 Å². The Morgan fingerprint density at radius 1 is 1.21 bits per heavy atom. The van der Waals surface area contributed by atoms with Crippen LogP contribution in [0, 0.1) is 5.92 Å². The van der Waals surface area contributed by atoms with Crippen molar-refractivity contribution in [3.05, 3.63) is 46.3 Å². The summed E-state index contributed by atoms with van der Waals surface area (Å²) < 4.78 is 0. The molecule has 0 radical (unpaired) electrons. The van der Waals surface area contributed by atoms with Crippen LogP contribution in [0.3, 0.4) is 0 Å². The Morgan fingerprint density at radius 3 is 2.64 bits per heavy atom. The lowest BCUT2D eigenvalue weighted by atomic mass is 9.97.